The van der Waals surface area contributed by atoms with Crippen molar-refractivity contribution in [2.75, 3.05) is 12.0 Å². The predicted octanol–water partition coefficient (Wildman–Crippen LogP) is 8.10. The molecule has 2 unspecified atom stereocenters. The fourth-order valence-corrected chi connectivity index (χ4v) is 4.65. The molecule has 0 aliphatic heterocycles. The van der Waals surface area contributed by atoms with Gasteiger partial charge in [0.2, 0.25) is 0 Å². The van der Waals surface area contributed by atoms with Crippen molar-refractivity contribution in [3.8, 4) is 11.5 Å². The summed E-state index contributed by atoms with van der Waals surface area (Å²) < 4.78 is 32.9. The minimum absolute atomic E-state index is 0. The number of hydrogen-bond donors (Lipinski definition) is 0. The van der Waals surface area contributed by atoms with Crippen molar-refractivity contribution < 1.29 is 24.5 Å². The van der Waals surface area contributed by atoms with Gasteiger partial charge in [0.05, 0.1) is 0 Å². The van der Waals surface area contributed by atoms with Crippen LogP contribution in [0.4, 0.5) is 8.78 Å². The highest BCUT2D eigenvalue weighted by atomic mass is 32.2. The number of thioether (sulfide) groups is 1. The number of aryl methyl sites for hydroxylation is 1. The van der Waals surface area contributed by atoms with E-state index in [1.54, 1.807) is 13.0 Å². The Balaban J connectivity index is 0. The van der Waals surface area contributed by atoms with Gasteiger partial charge in [0.15, 0.2) is 0 Å². The highest BCUT2D eigenvalue weighted by Crippen LogP contribution is 2.42. The molecule has 1 fully saturated rings. The molecule has 2 aromatic rings. The summed E-state index contributed by atoms with van der Waals surface area (Å²) in [5, 5.41) is 0. The van der Waals surface area contributed by atoms with Crippen molar-refractivity contribution in [3.63, 3.8) is 0 Å². The maximum Gasteiger partial charge on any atom is 0.270 e. The molecule has 4 N–H and O–H groups in total. The van der Waals surface area contributed by atoms with Crippen molar-refractivity contribution in [1.29, 1.82) is 0 Å². The maximum absolute atomic E-state index is 13.5. The number of alkyl halides is 2. The predicted molar refractivity (Wildman–Crippen MR) is 145 cm³/mol. The van der Waals surface area contributed by atoms with Crippen molar-refractivity contribution in [3.05, 3.63) is 71.3 Å². The standard InChI is InChI=1S/C25H30F2OS.C2H6.CH4.2H2O/c1-17-16-21(25(3,26)27)10-13-24(17)28-22-11-8-20(9-12-22)23-7-5-6-19(18(23)2)14-15-29-4;1-2;;;/h8-13,16,19,23H,2,5-7,14-15H2,1,3-4H3;1-2H3;1H4;2*1H2. The first-order valence-corrected chi connectivity index (χ1v) is 12.6. The van der Waals surface area contributed by atoms with Crippen LogP contribution in [-0.4, -0.2) is 23.0 Å². The third-order valence-corrected chi connectivity index (χ3v) is 6.52. The first-order chi connectivity index (χ1) is 14.8. The Kier molecular flexibility index (Phi) is 16.0. The second kappa shape index (κ2) is 15.9. The van der Waals surface area contributed by atoms with Crippen LogP contribution in [0.2, 0.25) is 0 Å². The second-order valence-corrected chi connectivity index (χ2v) is 9.06. The van der Waals surface area contributed by atoms with E-state index in [1.807, 2.05) is 37.7 Å². The summed E-state index contributed by atoms with van der Waals surface area (Å²) in [4.78, 5) is 0. The number of rotatable bonds is 7. The van der Waals surface area contributed by atoms with Gasteiger partial charge in [-0.15, -0.1) is 0 Å². The summed E-state index contributed by atoms with van der Waals surface area (Å²) >= 11 is 1.90. The average molecular weight is 499 g/mol. The highest BCUT2D eigenvalue weighted by molar-refractivity contribution is 7.98. The quantitative estimate of drug-likeness (QED) is 0.362. The highest BCUT2D eigenvalue weighted by Gasteiger charge is 2.27. The minimum atomic E-state index is -2.85. The van der Waals surface area contributed by atoms with Gasteiger partial charge in [-0.3, -0.25) is 0 Å². The molecule has 1 saturated carbocycles. The molecule has 194 valence electrons. The topological polar surface area (TPSA) is 72.2 Å². The largest absolute Gasteiger partial charge is 0.457 e. The van der Waals surface area contributed by atoms with E-state index in [2.05, 4.69) is 25.0 Å². The van der Waals surface area contributed by atoms with Crippen LogP contribution in [0.25, 0.3) is 0 Å². The van der Waals surface area contributed by atoms with Gasteiger partial charge in [-0.2, -0.15) is 11.8 Å². The van der Waals surface area contributed by atoms with Gasteiger partial charge in [0.1, 0.15) is 11.5 Å². The third kappa shape index (κ3) is 9.05. The summed E-state index contributed by atoms with van der Waals surface area (Å²) in [5.74, 6) is 0.692. The molecule has 0 saturated heterocycles. The zero-order chi connectivity index (χ0) is 23.0. The summed E-state index contributed by atoms with van der Waals surface area (Å²) in [6, 6.07) is 12.7. The molecular weight excluding hydrogens is 454 g/mol. The lowest BCUT2D eigenvalue weighted by Crippen LogP contribution is -2.18. The van der Waals surface area contributed by atoms with Crippen LogP contribution >= 0.6 is 11.8 Å². The van der Waals surface area contributed by atoms with Crippen molar-refractivity contribution >= 4 is 11.8 Å². The molecule has 0 radical (unpaired) electrons. The number of hydrogen-bond acceptors (Lipinski definition) is 2. The molecule has 34 heavy (non-hydrogen) atoms. The van der Waals surface area contributed by atoms with E-state index >= 15 is 0 Å². The van der Waals surface area contributed by atoms with E-state index in [1.165, 1.54) is 48.3 Å². The number of allylic oxidation sites excluding steroid dienone is 1. The monoisotopic (exact) mass is 498 g/mol. The van der Waals surface area contributed by atoms with Gasteiger partial charge in [-0.1, -0.05) is 52.0 Å². The molecule has 0 heterocycles. The lowest BCUT2D eigenvalue weighted by molar-refractivity contribution is 0.0174. The van der Waals surface area contributed by atoms with E-state index in [-0.39, 0.29) is 23.9 Å². The van der Waals surface area contributed by atoms with Crippen LogP contribution in [0.3, 0.4) is 0 Å². The molecular formula is C28H44F2O3S. The van der Waals surface area contributed by atoms with E-state index in [0.717, 1.165) is 13.3 Å². The van der Waals surface area contributed by atoms with Crippen molar-refractivity contribution in [2.45, 2.75) is 72.6 Å². The summed E-state index contributed by atoms with van der Waals surface area (Å²) in [7, 11) is 0. The minimum Gasteiger partial charge on any atom is -0.457 e. The van der Waals surface area contributed by atoms with Crippen LogP contribution < -0.4 is 4.74 Å². The normalized spacial score (nSPS) is 17.2. The van der Waals surface area contributed by atoms with E-state index in [9.17, 15) is 8.78 Å². The number of ether oxygens (including phenoxy) is 1. The SMILES string of the molecule is C.C=C1C(CCSC)CCCC1c1ccc(Oc2ccc(C(C)(F)F)cc2C)cc1.CC.O.O. The number of halogens is 2. The molecule has 1 aliphatic rings. The van der Waals surface area contributed by atoms with Gasteiger partial charge in [0, 0.05) is 18.4 Å². The van der Waals surface area contributed by atoms with Crippen LogP contribution in [0, 0.1) is 12.8 Å². The van der Waals surface area contributed by atoms with Crippen molar-refractivity contribution in [2.24, 2.45) is 5.92 Å². The number of benzene rings is 2. The average Bonchev–Trinajstić information content (AvgIpc) is 2.76. The Morgan fingerprint density at radius 1 is 1.06 bits per heavy atom. The molecule has 6 heteroatoms. The van der Waals surface area contributed by atoms with Crippen LogP contribution in [-0.2, 0) is 5.92 Å². The Bertz CT molecular complexity index is 848. The van der Waals surface area contributed by atoms with E-state index in [0.29, 0.717) is 28.9 Å². The second-order valence-electron chi connectivity index (χ2n) is 8.08. The summed E-state index contributed by atoms with van der Waals surface area (Å²) in [6.45, 7) is 11.1. The van der Waals surface area contributed by atoms with Crippen LogP contribution in [0.1, 0.15) is 76.5 Å². The Morgan fingerprint density at radius 2 is 1.68 bits per heavy atom. The molecule has 0 spiro atoms. The summed E-state index contributed by atoms with van der Waals surface area (Å²) in [6.07, 6.45) is 7.02. The van der Waals surface area contributed by atoms with Crippen LogP contribution in [0.5, 0.6) is 11.5 Å². The van der Waals surface area contributed by atoms with Gasteiger partial charge in [-0.25, -0.2) is 8.78 Å². The fraction of sp³-hybridized carbons (Fsp3) is 0.500. The van der Waals surface area contributed by atoms with Gasteiger partial charge in [0.25, 0.3) is 5.92 Å². The van der Waals surface area contributed by atoms with Crippen molar-refractivity contribution in [1.82, 2.24) is 0 Å². The Labute approximate surface area is 209 Å². The zero-order valence-corrected chi connectivity index (χ0v) is 21.3. The maximum atomic E-state index is 13.5. The molecule has 2 aromatic carbocycles. The van der Waals surface area contributed by atoms with E-state index < -0.39 is 5.92 Å². The van der Waals surface area contributed by atoms with E-state index in [4.69, 9.17) is 4.74 Å². The molecule has 3 nitrogen and oxygen atoms in total. The molecule has 0 bridgehead atoms. The lowest BCUT2D eigenvalue weighted by atomic mass is 9.73. The summed E-state index contributed by atoms with van der Waals surface area (Å²) in [5.41, 5.74) is 3.36. The molecule has 0 amide bonds. The van der Waals surface area contributed by atoms with Gasteiger partial charge >= 0.3 is 0 Å². The van der Waals surface area contributed by atoms with Gasteiger partial charge < -0.3 is 15.7 Å². The first-order valence-electron chi connectivity index (χ1n) is 11.2. The smallest absolute Gasteiger partial charge is 0.270 e. The molecule has 0 aromatic heterocycles. The molecule has 1 aliphatic carbocycles. The van der Waals surface area contributed by atoms with Crippen LogP contribution in [0.15, 0.2) is 54.6 Å². The Morgan fingerprint density at radius 3 is 2.21 bits per heavy atom. The zero-order valence-electron chi connectivity index (χ0n) is 20.5. The third-order valence-electron chi connectivity index (χ3n) is 5.88. The Hall–Kier alpha value is -1.89. The lowest BCUT2D eigenvalue weighted by Gasteiger charge is -2.32. The molecule has 2 atom stereocenters. The fourth-order valence-electron chi connectivity index (χ4n) is 4.13. The first kappa shape index (κ1) is 34.3. The molecule has 3 rings (SSSR count). The van der Waals surface area contributed by atoms with Gasteiger partial charge in [-0.05, 0) is 85.6 Å².